The Labute approximate surface area is 202 Å². The molecule has 1 aliphatic rings. The van der Waals surface area contributed by atoms with Gasteiger partial charge in [-0.3, -0.25) is 14.3 Å². The van der Waals surface area contributed by atoms with E-state index in [4.69, 9.17) is 14.2 Å². The van der Waals surface area contributed by atoms with E-state index in [-0.39, 0.29) is 49.0 Å². The topological polar surface area (TPSA) is 99.9 Å². The zero-order valence-electron chi connectivity index (χ0n) is 20.1. The molecule has 1 atom stereocenters. The van der Waals surface area contributed by atoms with E-state index in [0.29, 0.717) is 29.7 Å². The molecule has 1 aliphatic heterocycles. The number of esters is 1. The fraction of sp³-hybridized carbons (Fsp3) is 0.423. The van der Waals surface area contributed by atoms with Crippen LogP contribution in [-0.2, 0) is 17.7 Å². The second kappa shape index (κ2) is 10.0. The quantitative estimate of drug-likeness (QED) is 0.385. The molecule has 3 aromatic rings. The summed E-state index contributed by atoms with van der Waals surface area (Å²) in [4.78, 5) is 31.1. The molecule has 35 heavy (non-hydrogen) atoms. The highest BCUT2D eigenvalue weighted by Gasteiger charge is 2.34. The van der Waals surface area contributed by atoms with Crippen molar-refractivity contribution >= 4 is 17.0 Å². The largest absolute Gasteiger partial charge is 0.490 e. The number of hydrogen-bond donors (Lipinski definition) is 1. The Hall–Kier alpha value is -3.46. The van der Waals surface area contributed by atoms with Gasteiger partial charge in [-0.05, 0) is 38.0 Å². The molecule has 1 aromatic carbocycles. The number of rotatable bonds is 8. The summed E-state index contributed by atoms with van der Waals surface area (Å²) in [6, 6.07) is 6.06. The lowest BCUT2D eigenvalue weighted by Crippen LogP contribution is -2.40. The second-order valence-electron chi connectivity index (χ2n) is 8.92. The van der Waals surface area contributed by atoms with E-state index in [0.717, 1.165) is 12.0 Å². The Morgan fingerprint density at radius 1 is 1.29 bits per heavy atom. The van der Waals surface area contributed by atoms with Crippen LogP contribution in [0.5, 0.6) is 11.5 Å². The summed E-state index contributed by atoms with van der Waals surface area (Å²) in [6.07, 6.45) is 3.53. The first kappa shape index (κ1) is 24.7. The second-order valence-corrected chi connectivity index (χ2v) is 8.92. The van der Waals surface area contributed by atoms with Gasteiger partial charge in [0.2, 0.25) is 0 Å². The van der Waals surface area contributed by atoms with Crippen LogP contribution in [0.3, 0.4) is 0 Å². The van der Waals surface area contributed by atoms with Crippen molar-refractivity contribution in [2.75, 3.05) is 19.8 Å². The third kappa shape index (κ3) is 5.00. The monoisotopic (exact) mass is 484 g/mol. The average Bonchev–Trinajstić information content (AvgIpc) is 2.96. The molecule has 0 saturated carbocycles. The van der Waals surface area contributed by atoms with Gasteiger partial charge in [0.15, 0.2) is 17.1 Å². The van der Waals surface area contributed by atoms with Crippen molar-refractivity contribution in [3.63, 3.8) is 0 Å². The minimum atomic E-state index is -1.39. The molecule has 4 rings (SSSR count). The predicted molar refractivity (Wildman–Crippen MR) is 128 cm³/mol. The highest BCUT2D eigenvalue weighted by molar-refractivity contribution is 6.00. The summed E-state index contributed by atoms with van der Waals surface area (Å²) in [5, 5.41) is 10.9. The lowest BCUT2D eigenvalue weighted by Gasteiger charge is -2.21. The summed E-state index contributed by atoms with van der Waals surface area (Å²) < 4.78 is 31.9. The molecule has 0 aliphatic carbocycles. The first-order chi connectivity index (χ1) is 16.8. The predicted octanol–water partition coefficient (Wildman–Crippen LogP) is 3.63. The summed E-state index contributed by atoms with van der Waals surface area (Å²) >= 11 is 0. The fourth-order valence-electron chi connectivity index (χ4n) is 4.11. The molecular weight excluding hydrogens is 455 g/mol. The lowest BCUT2D eigenvalue weighted by atomic mass is 10.0. The van der Waals surface area contributed by atoms with Crippen molar-refractivity contribution < 1.29 is 28.5 Å². The molecule has 1 N–H and O–H groups in total. The number of carbonyl (C=O) groups is 1. The van der Waals surface area contributed by atoms with Crippen LogP contribution in [0.15, 0.2) is 35.3 Å². The number of hydrogen-bond acceptors (Lipinski definition) is 7. The summed E-state index contributed by atoms with van der Waals surface area (Å²) in [6.45, 7) is 5.39. The van der Waals surface area contributed by atoms with Crippen molar-refractivity contribution in [1.82, 2.24) is 9.55 Å². The standard InChI is InChI=1S/C26H29FN2O6/c1-4-6-11-34-23-19(25(31)33-5-2)24(30)29-14-26(3,32)15-35-22-17(13-28-20(23)21(22)29)12-16-7-9-18(27)10-8-16/h7-10,13,32H,4-6,11-12,14-15H2,1-3H3. The Morgan fingerprint density at radius 2 is 2.03 bits per heavy atom. The van der Waals surface area contributed by atoms with E-state index < -0.39 is 17.1 Å². The highest BCUT2D eigenvalue weighted by Crippen LogP contribution is 2.38. The van der Waals surface area contributed by atoms with Crippen LogP contribution in [0.1, 0.15) is 55.1 Å². The molecule has 1 unspecified atom stereocenters. The van der Waals surface area contributed by atoms with Gasteiger partial charge in [0, 0.05) is 18.2 Å². The molecular formula is C26H29FN2O6. The molecule has 0 saturated heterocycles. The normalized spacial score (nSPS) is 17.1. The van der Waals surface area contributed by atoms with Crippen molar-refractivity contribution in [3.05, 3.63) is 63.3 Å². The molecule has 0 amide bonds. The third-order valence-corrected chi connectivity index (χ3v) is 5.81. The third-order valence-electron chi connectivity index (χ3n) is 5.81. The molecule has 9 heteroatoms. The van der Waals surface area contributed by atoms with Gasteiger partial charge in [0.05, 0.1) is 19.8 Å². The van der Waals surface area contributed by atoms with Gasteiger partial charge in [-0.1, -0.05) is 25.5 Å². The Bertz CT molecular complexity index is 1300. The van der Waals surface area contributed by atoms with E-state index in [1.54, 1.807) is 32.2 Å². The number of aliphatic hydroxyl groups is 1. The van der Waals surface area contributed by atoms with Crippen molar-refractivity contribution in [1.29, 1.82) is 0 Å². The number of halogens is 1. The van der Waals surface area contributed by atoms with Gasteiger partial charge in [0.25, 0.3) is 5.56 Å². The first-order valence-electron chi connectivity index (χ1n) is 11.7. The number of carbonyl (C=O) groups excluding carboxylic acids is 1. The van der Waals surface area contributed by atoms with Crippen molar-refractivity contribution in [3.8, 4) is 11.5 Å². The summed E-state index contributed by atoms with van der Waals surface area (Å²) in [5.74, 6) is -0.735. The first-order valence-corrected chi connectivity index (χ1v) is 11.7. The average molecular weight is 485 g/mol. The van der Waals surface area contributed by atoms with Crippen LogP contribution in [0, 0.1) is 5.82 Å². The molecule has 3 heterocycles. The van der Waals surface area contributed by atoms with Crippen LogP contribution in [0.2, 0.25) is 0 Å². The van der Waals surface area contributed by atoms with E-state index in [1.807, 2.05) is 6.92 Å². The smallest absolute Gasteiger partial charge is 0.347 e. The molecule has 8 nitrogen and oxygen atoms in total. The van der Waals surface area contributed by atoms with Gasteiger partial charge in [-0.2, -0.15) is 0 Å². The molecule has 0 fully saturated rings. The SMILES string of the molecule is CCCCOc1c(C(=O)OCC)c(=O)n2c3c(c(Cc4ccc(F)cc4)cnc13)OCC(C)(O)C2. The molecule has 2 aromatic heterocycles. The Morgan fingerprint density at radius 3 is 2.71 bits per heavy atom. The number of nitrogens with zero attached hydrogens (tertiary/aromatic N) is 2. The number of unbranched alkanes of at least 4 members (excludes halogenated alkanes) is 1. The zero-order chi connectivity index (χ0) is 25.2. The minimum absolute atomic E-state index is 0.0490. The van der Waals surface area contributed by atoms with Crippen LogP contribution < -0.4 is 15.0 Å². The number of aromatic nitrogens is 2. The molecule has 0 radical (unpaired) electrons. The zero-order valence-corrected chi connectivity index (χ0v) is 20.1. The van der Waals surface area contributed by atoms with E-state index in [1.165, 1.54) is 16.7 Å². The van der Waals surface area contributed by atoms with Crippen LogP contribution in [0.25, 0.3) is 11.0 Å². The summed E-state index contributed by atoms with van der Waals surface area (Å²) in [5.41, 5.74) is -0.197. The maximum absolute atomic E-state index is 13.7. The Kier molecular flexibility index (Phi) is 7.07. The van der Waals surface area contributed by atoms with Gasteiger partial charge in [0.1, 0.15) is 29.1 Å². The molecule has 186 valence electrons. The maximum atomic E-state index is 13.7. The number of ether oxygens (including phenoxy) is 3. The lowest BCUT2D eigenvalue weighted by molar-refractivity contribution is 0.00207. The highest BCUT2D eigenvalue weighted by atomic mass is 19.1. The van der Waals surface area contributed by atoms with Gasteiger partial charge in [-0.15, -0.1) is 0 Å². The summed E-state index contributed by atoms with van der Waals surface area (Å²) in [7, 11) is 0. The molecule has 0 spiro atoms. The minimum Gasteiger partial charge on any atom is -0.490 e. The molecule has 0 bridgehead atoms. The van der Waals surface area contributed by atoms with Gasteiger partial charge < -0.3 is 19.3 Å². The van der Waals surface area contributed by atoms with E-state index in [2.05, 4.69) is 4.98 Å². The van der Waals surface area contributed by atoms with Gasteiger partial charge >= 0.3 is 5.97 Å². The van der Waals surface area contributed by atoms with Gasteiger partial charge in [-0.25, -0.2) is 9.18 Å². The maximum Gasteiger partial charge on any atom is 0.347 e. The van der Waals surface area contributed by atoms with Crippen molar-refractivity contribution in [2.24, 2.45) is 0 Å². The van der Waals surface area contributed by atoms with E-state index in [9.17, 15) is 19.1 Å². The Balaban J connectivity index is 1.98. The van der Waals surface area contributed by atoms with Crippen LogP contribution >= 0.6 is 0 Å². The van der Waals surface area contributed by atoms with E-state index >= 15 is 0 Å². The number of benzene rings is 1. The van der Waals surface area contributed by atoms with Crippen LogP contribution in [0.4, 0.5) is 4.39 Å². The fourth-order valence-corrected chi connectivity index (χ4v) is 4.11. The van der Waals surface area contributed by atoms with Crippen LogP contribution in [-0.4, -0.2) is 46.0 Å². The number of pyridine rings is 2. The van der Waals surface area contributed by atoms with Crippen molar-refractivity contribution in [2.45, 2.75) is 52.2 Å².